The fraction of sp³-hybridized carbons (Fsp3) is 0.889. The topological polar surface area (TPSA) is 83.5 Å². The van der Waals surface area contributed by atoms with Crippen molar-refractivity contribution >= 4 is 16.0 Å². The van der Waals surface area contributed by atoms with Crippen molar-refractivity contribution in [1.29, 1.82) is 0 Å². The Kier molecular flexibility index (Phi) is 4.10. The van der Waals surface area contributed by atoms with E-state index in [4.69, 9.17) is 5.11 Å². The molecule has 2 atom stereocenters. The van der Waals surface area contributed by atoms with Gasteiger partial charge in [-0.1, -0.05) is 12.8 Å². The molecule has 6 heteroatoms. The van der Waals surface area contributed by atoms with E-state index in [1.807, 2.05) is 0 Å². The van der Waals surface area contributed by atoms with Gasteiger partial charge in [-0.25, -0.2) is 13.1 Å². The number of hydrogen-bond donors (Lipinski definition) is 2. The molecule has 2 N–H and O–H groups in total. The molecule has 0 radical (unpaired) electrons. The molecule has 0 amide bonds. The number of rotatable bonds is 4. The molecule has 0 bridgehead atoms. The molecule has 0 heterocycles. The predicted octanol–water partition coefficient (Wildman–Crippen LogP) is 0.569. The Balaban J connectivity index is 2.69. The van der Waals surface area contributed by atoms with Gasteiger partial charge < -0.3 is 5.11 Å². The molecule has 88 valence electrons. The van der Waals surface area contributed by atoms with E-state index < -0.39 is 28.0 Å². The van der Waals surface area contributed by atoms with Gasteiger partial charge in [-0.3, -0.25) is 4.79 Å². The second kappa shape index (κ2) is 4.94. The molecule has 1 rings (SSSR count). The zero-order chi connectivity index (χ0) is 11.5. The average molecular weight is 235 g/mol. The van der Waals surface area contributed by atoms with Gasteiger partial charge in [-0.05, 0) is 19.8 Å². The van der Waals surface area contributed by atoms with E-state index in [-0.39, 0.29) is 5.75 Å². The van der Waals surface area contributed by atoms with Crippen molar-refractivity contribution in [3.05, 3.63) is 0 Å². The number of aliphatic carboxylic acids is 1. The Morgan fingerprint density at radius 1 is 1.40 bits per heavy atom. The highest BCUT2D eigenvalue weighted by molar-refractivity contribution is 7.89. The third-order valence-electron chi connectivity index (χ3n) is 2.79. The second-order valence-electron chi connectivity index (χ2n) is 3.86. The monoisotopic (exact) mass is 235 g/mol. The Bertz CT molecular complexity index is 325. The smallest absolute Gasteiger partial charge is 0.308 e. The minimum atomic E-state index is -3.30. The lowest BCUT2D eigenvalue weighted by Crippen LogP contribution is -2.45. The second-order valence-corrected chi connectivity index (χ2v) is 5.90. The number of carboxylic acids is 1. The first-order valence-electron chi connectivity index (χ1n) is 5.19. The summed E-state index contributed by atoms with van der Waals surface area (Å²) in [6, 6.07) is -0.429. The van der Waals surface area contributed by atoms with Gasteiger partial charge in [-0.15, -0.1) is 0 Å². The number of sulfonamides is 1. The lowest BCUT2D eigenvalue weighted by molar-refractivity contribution is -0.143. The molecule has 0 aliphatic heterocycles. The van der Waals surface area contributed by atoms with Gasteiger partial charge in [0.2, 0.25) is 10.0 Å². The average Bonchev–Trinajstić information content (AvgIpc) is 2.18. The van der Waals surface area contributed by atoms with Crippen LogP contribution in [-0.4, -0.2) is 31.3 Å². The van der Waals surface area contributed by atoms with E-state index in [0.29, 0.717) is 12.8 Å². The molecule has 1 saturated carbocycles. The first-order chi connectivity index (χ1) is 6.96. The minimum absolute atomic E-state index is 0.00413. The van der Waals surface area contributed by atoms with E-state index in [2.05, 4.69) is 4.72 Å². The van der Waals surface area contributed by atoms with Crippen LogP contribution in [0.2, 0.25) is 0 Å². The van der Waals surface area contributed by atoms with E-state index in [1.165, 1.54) is 0 Å². The quantitative estimate of drug-likeness (QED) is 0.746. The fourth-order valence-electron chi connectivity index (χ4n) is 1.88. The maximum absolute atomic E-state index is 11.3. The summed E-state index contributed by atoms with van der Waals surface area (Å²) >= 11 is 0. The molecule has 1 fully saturated rings. The van der Waals surface area contributed by atoms with Gasteiger partial charge in [0.1, 0.15) is 0 Å². The van der Waals surface area contributed by atoms with Crippen LogP contribution in [0.4, 0.5) is 0 Å². The van der Waals surface area contributed by atoms with Crippen LogP contribution >= 0.6 is 0 Å². The van der Waals surface area contributed by atoms with E-state index in [9.17, 15) is 13.2 Å². The molecule has 0 aromatic heterocycles. The Hall–Kier alpha value is -0.620. The Morgan fingerprint density at radius 3 is 2.53 bits per heavy atom. The Morgan fingerprint density at radius 2 is 2.00 bits per heavy atom. The molecular formula is C9H17NO4S. The van der Waals surface area contributed by atoms with Crippen molar-refractivity contribution in [2.75, 3.05) is 5.75 Å². The highest BCUT2D eigenvalue weighted by Crippen LogP contribution is 2.25. The van der Waals surface area contributed by atoms with Crippen LogP contribution in [0.3, 0.4) is 0 Å². The first kappa shape index (κ1) is 12.4. The van der Waals surface area contributed by atoms with Gasteiger partial charge in [0, 0.05) is 6.04 Å². The summed E-state index contributed by atoms with van der Waals surface area (Å²) in [5, 5.41) is 8.94. The highest BCUT2D eigenvalue weighted by Gasteiger charge is 2.32. The van der Waals surface area contributed by atoms with E-state index in [1.54, 1.807) is 6.92 Å². The molecular weight excluding hydrogens is 218 g/mol. The van der Waals surface area contributed by atoms with Crippen LogP contribution in [0.25, 0.3) is 0 Å². The van der Waals surface area contributed by atoms with Crippen LogP contribution in [0.15, 0.2) is 0 Å². The molecule has 0 saturated heterocycles. The lowest BCUT2D eigenvalue weighted by atomic mass is 9.85. The number of nitrogens with one attached hydrogen (secondary N) is 1. The Labute approximate surface area is 89.9 Å². The van der Waals surface area contributed by atoms with Crippen molar-refractivity contribution in [2.45, 2.75) is 38.6 Å². The summed E-state index contributed by atoms with van der Waals surface area (Å²) < 4.78 is 25.1. The van der Waals surface area contributed by atoms with Crippen LogP contribution < -0.4 is 4.72 Å². The van der Waals surface area contributed by atoms with Crippen LogP contribution in [0, 0.1) is 5.92 Å². The van der Waals surface area contributed by atoms with Gasteiger partial charge in [0.15, 0.2) is 0 Å². The molecule has 1 aliphatic rings. The predicted molar refractivity (Wildman–Crippen MR) is 56.0 cm³/mol. The third kappa shape index (κ3) is 3.46. The third-order valence-corrected chi connectivity index (χ3v) is 4.22. The van der Waals surface area contributed by atoms with Crippen LogP contribution in [-0.2, 0) is 14.8 Å². The zero-order valence-electron chi connectivity index (χ0n) is 8.77. The molecule has 5 nitrogen and oxygen atoms in total. The SMILES string of the molecule is CCS(=O)(=O)NC1CCCCC1C(=O)O. The molecule has 0 spiro atoms. The lowest BCUT2D eigenvalue weighted by Gasteiger charge is -2.28. The number of hydrogen-bond acceptors (Lipinski definition) is 3. The molecule has 1 aliphatic carbocycles. The van der Waals surface area contributed by atoms with Crippen molar-refractivity contribution in [3.63, 3.8) is 0 Å². The van der Waals surface area contributed by atoms with Gasteiger partial charge >= 0.3 is 5.97 Å². The van der Waals surface area contributed by atoms with E-state index in [0.717, 1.165) is 12.8 Å². The summed E-state index contributed by atoms with van der Waals surface area (Å²) in [7, 11) is -3.30. The van der Waals surface area contributed by atoms with Gasteiger partial charge in [0.25, 0.3) is 0 Å². The molecule has 15 heavy (non-hydrogen) atoms. The highest BCUT2D eigenvalue weighted by atomic mass is 32.2. The van der Waals surface area contributed by atoms with E-state index >= 15 is 0 Å². The zero-order valence-corrected chi connectivity index (χ0v) is 9.59. The standard InChI is InChI=1S/C9H17NO4S/c1-2-15(13,14)10-8-6-4-3-5-7(8)9(11)12/h7-8,10H,2-6H2,1H3,(H,11,12). The minimum Gasteiger partial charge on any atom is -0.481 e. The number of carbonyl (C=O) groups is 1. The first-order valence-corrected chi connectivity index (χ1v) is 6.84. The fourth-order valence-corrected chi connectivity index (χ4v) is 2.79. The summed E-state index contributed by atoms with van der Waals surface area (Å²) in [5.74, 6) is -1.48. The largest absolute Gasteiger partial charge is 0.481 e. The molecule has 0 aromatic rings. The van der Waals surface area contributed by atoms with Crippen LogP contribution in [0.1, 0.15) is 32.6 Å². The van der Waals surface area contributed by atoms with Gasteiger partial charge in [-0.2, -0.15) is 0 Å². The normalized spacial score (nSPS) is 27.5. The van der Waals surface area contributed by atoms with Gasteiger partial charge in [0.05, 0.1) is 11.7 Å². The van der Waals surface area contributed by atoms with Crippen molar-refractivity contribution in [3.8, 4) is 0 Å². The van der Waals surface area contributed by atoms with Crippen molar-refractivity contribution < 1.29 is 18.3 Å². The van der Waals surface area contributed by atoms with Crippen molar-refractivity contribution in [1.82, 2.24) is 4.72 Å². The van der Waals surface area contributed by atoms with Crippen molar-refractivity contribution in [2.24, 2.45) is 5.92 Å². The maximum atomic E-state index is 11.3. The summed E-state index contributed by atoms with van der Waals surface area (Å²) in [4.78, 5) is 10.9. The molecule has 0 aromatic carbocycles. The summed E-state index contributed by atoms with van der Waals surface area (Å²) in [6.07, 6.45) is 2.93. The maximum Gasteiger partial charge on any atom is 0.308 e. The number of carboxylic acid groups (broad SMARTS) is 1. The summed E-state index contributed by atoms with van der Waals surface area (Å²) in [5.41, 5.74) is 0. The van der Waals surface area contributed by atoms with Crippen LogP contribution in [0.5, 0.6) is 0 Å². The molecule has 2 unspecified atom stereocenters. The summed E-state index contributed by atoms with van der Waals surface area (Å²) in [6.45, 7) is 1.54.